The van der Waals surface area contributed by atoms with E-state index in [1.54, 1.807) is 7.11 Å². The maximum atomic E-state index is 12.8. The maximum absolute atomic E-state index is 12.8. The highest BCUT2D eigenvalue weighted by atomic mass is 32.1. The zero-order chi connectivity index (χ0) is 17.2. The summed E-state index contributed by atoms with van der Waals surface area (Å²) in [6, 6.07) is 2.41. The molecule has 1 aromatic rings. The van der Waals surface area contributed by atoms with Gasteiger partial charge in [-0.1, -0.05) is 0 Å². The number of nitrogens with zero attached hydrogens (tertiary/aromatic N) is 2. The fourth-order valence-electron chi connectivity index (χ4n) is 4.18. The summed E-state index contributed by atoms with van der Waals surface area (Å²) in [6.45, 7) is 4.99. The van der Waals surface area contributed by atoms with Gasteiger partial charge in [0.15, 0.2) is 0 Å². The number of carbonyl (C=O) groups excluding carboxylic acids is 1. The van der Waals surface area contributed by atoms with Gasteiger partial charge in [0.1, 0.15) is 10.6 Å². The quantitative estimate of drug-likeness (QED) is 0.817. The Labute approximate surface area is 148 Å². The van der Waals surface area contributed by atoms with Gasteiger partial charge in [-0.3, -0.25) is 9.69 Å². The van der Waals surface area contributed by atoms with Crippen LogP contribution >= 0.6 is 11.3 Å². The number of piperidine rings is 1. The molecule has 24 heavy (non-hydrogen) atoms. The lowest BCUT2D eigenvalue weighted by atomic mass is 9.85. The Kier molecular flexibility index (Phi) is 5.47. The molecule has 0 saturated carbocycles. The monoisotopic (exact) mass is 352 g/mol. The number of likely N-dealkylation sites (tertiary alicyclic amines) is 2. The van der Waals surface area contributed by atoms with E-state index in [9.17, 15) is 4.79 Å². The first-order valence-electron chi connectivity index (χ1n) is 8.83. The fourth-order valence-corrected chi connectivity index (χ4v) is 4.98. The number of ether oxygens (including phenoxy) is 2. The minimum absolute atomic E-state index is 0.123. The number of amides is 1. The summed E-state index contributed by atoms with van der Waals surface area (Å²) in [4.78, 5) is 18.1. The molecule has 0 N–H and O–H groups in total. The van der Waals surface area contributed by atoms with Crippen LogP contribution < -0.4 is 4.74 Å². The van der Waals surface area contributed by atoms with Crippen molar-refractivity contribution >= 4 is 17.2 Å². The topological polar surface area (TPSA) is 42.0 Å². The van der Waals surface area contributed by atoms with Crippen molar-refractivity contribution in [1.82, 2.24) is 9.80 Å². The van der Waals surface area contributed by atoms with Gasteiger partial charge in [0.2, 0.25) is 0 Å². The van der Waals surface area contributed by atoms with E-state index in [-0.39, 0.29) is 11.4 Å². The molecule has 2 fully saturated rings. The average molecular weight is 353 g/mol. The number of hydrogen-bond acceptors (Lipinski definition) is 5. The van der Waals surface area contributed by atoms with Crippen molar-refractivity contribution in [2.75, 3.05) is 40.5 Å². The van der Waals surface area contributed by atoms with Crippen LogP contribution in [0.3, 0.4) is 0 Å². The van der Waals surface area contributed by atoms with E-state index < -0.39 is 0 Å². The number of rotatable bonds is 5. The smallest absolute Gasteiger partial charge is 0.267 e. The third kappa shape index (κ3) is 3.19. The standard InChI is InChI=1S/C18H28N2O3S/c1-4-23-15-6-12-24-16(15)17(21)20-10-8-18(9-11-20)7-5-14(13-22-3)19(18)2/h6,12,14H,4-5,7-11,13H2,1-3H3. The SMILES string of the molecule is CCOc1ccsc1C(=O)N1CCC2(CCC(COC)N2C)CC1. The van der Waals surface area contributed by atoms with Crippen LogP contribution in [0.15, 0.2) is 11.4 Å². The average Bonchev–Trinajstić information content (AvgIpc) is 3.16. The van der Waals surface area contributed by atoms with Crippen LogP contribution in [0, 0.1) is 0 Å². The molecule has 0 bridgehead atoms. The van der Waals surface area contributed by atoms with Crippen molar-refractivity contribution in [3.63, 3.8) is 0 Å². The molecule has 0 aliphatic carbocycles. The molecule has 1 spiro atoms. The summed E-state index contributed by atoms with van der Waals surface area (Å²) in [7, 11) is 4.00. The third-order valence-corrected chi connectivity index (χ3v) is 6.59. The zero-order valence-electron chi connectivity index (χ0n) is 14.9. The minimum atomic E-state index is 0.123. The second kappa shape index (κ2) is 7.42. The number of carbonyl (C=O) groups is 1. The Balaban J connectivity index is 1.63. The van der Waals surface area contributed by atoms with Gasteiger partial charge >= 0.3 is 0 Å². The summed E-state index contributed by atoms with van der Waals surface area (Å²) >= 11 is 1.48. The molecule has 2 aliphatic rings. The van der Waals surface area contributed by atoms with Crippen LogP contribution in [0.2, 0.25) is 0 Å². The van der Waals surface area contributed by atoms with Crippen LogP contribution in [0.4, 0.5) is 0 Å². The maximum Gasteiger partial charge on any atom is 0.267 e. The predicted octanol–water partition coefficient (Wildman–Crippen LogP) is 2.86. The van der Waals surface area contributed by atoms with Gasteiger partial charge in [-0.2, -0.15) is 0 Å². The van der Waals surface area contributed by atoms with Crippen molar-refractivity contribution < 1.29 is 14.3 Å². The molecule has 6 heteroatoms. The molecule has 3 heterocycles. The van der Waals surface area contributed by atoms with Gasteiger partial charge in [-0.15, -0.1) is 11.3 Å². The fraction of sp³-hybridized carbons (Fsp3) is 0.722. The molecule has 134 valence electrons. The molecule has 0 radical (unpaired) electrons. The van der Waals surface area contributed by atoms with E-state index in [0.717, 1.165) is 43.2 Å². The van der Waals surface area contributed by atoms with Crippen LogP contribution in [0.1, 0.15) is 42.3 Å². The Bertz CT molecular complexity index is 566. The second-order valence-electron chi connectivity index (χ2n) is 6.82. The summed E-state index contributed by atoms with van der Waals surface area (Å²) in [5.74, 6) is 0.850. The number of likely N-dealkylation sites (N-methyl/N-ethyl adjacent to an activating group) is 1. The van der Waals surface area contributed by atoms with Crippen molar-refractivity contribution in [3.05, 3.63) is 16.3 Å². The van der Waals surface area contributed by atoms with Crippen LogP contribution in [-0.4, -0.2) is 67.7 Å². The zero-order valence-corrected chi connectivity index (χ0v) is 15.7. The lowest BCUT2D eigenvalue weighted by Crippen LogP contribution is -2.53. The molecule has 1 unspecified atom stereocenters. The molecule has 5 nitrogen and oxygen atoms in total. The summed E-state index contributed by atoms with van der Waals surface area (Å²) in [5.41, 5.74) is 0.248. The van der Waals surface area contributed by atoms with Crippen molar-refractivity contribution in [2.24, 2.45) is 0 Å². The Morgan fingerprint density at radius 2 is 2.12 bits per heavy atom. The van der Waals surface area contributed by atoms with E-state index in [1.807, 2.05) is 23.3 Å². The van der Waals surface area contributed by atoms with E-state index >= 15 is 0 Å². The van der Waals surface area contributed by atoms with Gasteiger partial charge in [0, 0.05) is 31.8 Å². The highest BCUT2D eigenvalue weighted by Crippen LogP contribution is 2.41. The van der Waals surface area contributed by atoms with Gasteiger partial charge in [-0.25, -0.2) is 0 Å². The molecular formula is C18H28N2O3S. The van der Waals surface area contributed by atoms with Gasteiger partial charge in [-0.05, 0) is 51.1 Å². The molecule has 2 saturated heterocycles. The van der Waals surface area contributed by atoms with Crippen molar-refractivity contribution in [2.45, 2.75) is 44.2 Å². The second-order valence-corrected chi connectivity index (χ2v) is 7.74. The highest BCUT2D eigenvalue weighted by Gasteiger charge is 2.46. The Hall–Kier alpha value is -1.11. The summed E-state index contributed by atoms with van der Waals surface area (Å²) in [6.07, 6.45) is 4.50. The van der Waals surface area contributed by atoms with Gasteiger partial charge in [0.25, 0.3) is 5.91 Å². The number of hydrogen-bond donors (Lipinski definition) is 0. The lowest BCUT2D eigenvalue weighted by molar-refractivity contribution is 0.0274. The van der Waals surface area contributed by atoms with E-state index in [1.165, 1.54) is 24.2 Å². The van der Waals surface area contributed by atoms with E-state index in [2.05, 4.69) is 11.9 Å². The summed E-state index contributed by atoms with van der Waals surface area (Å²) in [5, 5.41) is 1.93. The highest BCUT2D eigenvalue weighted by molar-refractivity contribution is 7.12. The minimum Gasteiger partial charge on any atom is -0.492 e. The first-order chi connectivity index (χ1) is 11.6. The van der Waals surface area contributed by atoms with E-state index in [4.69, 9.17) is 9.47 Å². The molecule has 3 rings (SSSR count). The summed E-state index contributed by atoms with van der Waals surface area (Å²) < 4.78 is 10.9. The Morgan fingerprint density at radius 3 is 2.79 bits per heavy atom. The Morgan fingerprint density at radius 1 is 1.38 bits per heavy atom. The predicted molar refractivity (Wildman–Crippen MR) is 96.0 cm³/mol. The van der Waals surface area contributed by atoms with Crippen LogP contribution in [0.25, 0.3) is 0 Å². The number of methoxy groups -OCH3 is 1. The van der Waals surface area contributed by atoms with E-state index in [0.29, 0.717) is 12.6 Å². The normalized spacial score (nSPS) is 23.8. The first kappa shape index (κ1) is 17.7. The van der Waals surface area contributed by atoms with Gasteiger partial charge in [0.05, 0.1) is 13.2 Å². The molecule has 1 aromatic heterocycles. The van der Waals surface area contributed by atoms with Crippen molar-refractivity contribution in [3.8, 4) is 5.75 Å². The largest absolute Gasteiger partial charge is 0.492 e. The molecule has 1 amide bonds. The number of thiophene rings is 1. The van der Waals surface area contributed by atoms with Crippen LogP contribution in [-0.2, 0) is 4.74 Å². The first-order valence-corrected chi connectivity index (χ1v) is 9.70. The molecule has 0 aromatic carbocycles. The lowest BCUT2D eigenvalue weighted by Gasteiger charge is -2.45. The molecular weight excluding hydrogens is 324 g/mol. The van der Waals surface area contributed by atoms with Crippen LogP contribution in [0.5, 0.6) is 5.75 Å². The van der Waals surface area contributed by atoms with Crippen molar-refractivity contribution in [1.29, 1.82) is 0 Å². The molecule has 1 atom stereocenters. The molecule has 2 aliphatic heterocycles. The third-order valence-electron chi connectivity index (χ3n) is 5.70. The van der Waals surface area contributed by atoms with Gasteiger partial charge < -0.3 is 14.4 Å².